The lowest BCUT2D eigenvalue weighted by molar-refractivity contribution is -0.145. The van der Waals surface area contributed by atoms with Crippen LogP contribution in [0, 0.1) is 5.92 Å². The van der Waals surface area contributed by atoms with E-state index < -0.39 is 0 Å². The minimum absolute atomic E-state index is 0.0379. The summed E-state index contributed by atoms with van der Waals surface area (Å²) in [5.74, 6) is 0.494. The van der Waals surface area contributed by atoms with E-state index in [1.165, 1.54) is 103 Å². The summed E-state index contributed by atoms with van der Waals surface area (Å²) in [6, 6.07) is 0. The number of unbranched alkanes of at least 4 members (excludes halogenated alkanes) is 12. The third kappa shape index (κ3) is 30.8. The predicted molar refractivity (Wildman–Crippen MR) is 173 cm³/mol. The number of hydrogen-bond acceptors (Lipinski definition) is 3. The maximum Gasteiger partial charge on any atom is 0.307 e. The fourth-order valence-corrected chi connectivity index (χ4v) is 4.71. The zero-order chi connectivity index (χ0) is 28.7. The van der Waals surface area contributed by atoms with Gasteiger partial charge in [-0.2, -0.15) is 0 Å². The summed E-state index contributed by atoms with van der Waals surface area (Å²) in [5.41, 5.74) is 0. The van der Waals surface area contributed by atoms with E-state index in [1.54, 1.807) is 0 Å². The van der Waals surface area contributed by atoms with Crippen LogP contribution in [0.1, 0.15) is 142 Å². The molecule has 0 aromatic carbocycles. The van der Waals surface area contributed by atoms with Crippen molar-refractivity contribution in [1.82, 2.24) is 4.90 Å². The molecule has 0 aliphatic heterocycles. The van der Waals surface area contributed by atoms with Crippen molar-refractivity contribution >= 4 is 5.97 Å². The Bertz CT molecular complexity index is 632. The third-order valence-corrected chi connectivity index (χ3v) is 7.23. The molecule has 3 nitrogen and oxygen atoms in total. The van der Waals surface area contributed by atoms with Gasteiger partial charge in [0.1, 0.15) is 0 Å². The van der Waals surface area contributed by atoms with Crippen molar-refractivity contribution < 1.29 is 9.53 Å². The van der Waals surface area contributed by atoms with Gasteiger partial charge in [-0.05, 0) is 84.7 Å². The Morgan fingerprint density at radius 3 is 1.69 bits per heavy atom. The summed E-state index contributed by atoms with van der Waals surface area (Å²) in [5, 5.41) is 0. The smallest absolute Gasteiger partial charge is 0.307 e. The van der Waals surface area contributed by atoms with E-state index in [0.717, 1.165) is 25.8 Å². The highest BCUT2D eigenvalue weighted by Crippen LogP contribution is 2.20. The van der Waals surface area contributed by atoms with Crippen LogP contribution in [0.4, 0.5) is 0 Å². The molecule has 0 heterocycles. The summed E-state index contributed by atoms with van der Waals surface area (Å²) in [4.78, 5) is 14.2. The molecule has 0 aliphatic rings. The van der Waals surface area contributed by atoms with Gasteiger partial charge in [-0.1, -0.05) is 120 Å². The second kappa shape index (κ2) is 30.9. The van der Waals surface area contributed by atoms with Gasteiger partial charge in [0.2, 0.25) is 0 Å². The Hall–Kier alpha value is -1.61. The molecule has 0 spiro atoms. The molecule has 1 unspecified atom stereocenters. The lowest BCUT2D eigenvalue weighted by atomic mass is 9.94. The molecular weight excluding hydrogens is 478 g/mol. The fourth-order valence-electron chi connectivity index (χ4n) is 4.71. The van der Waals surface area contributed by atoms with Gasteiger partial charge in [0, 0.05) is 6.54 Å². The molecule has 0 amide bonds. The molecule has 0 rings (SSSR count). The van der Waals surface area contributed by atoms with Gasteiger partial charge >= 0.3 is 5.97 Å². The number of rotatable bonds is 28. The highest BCUT2D eigenvalue weighted by atomic mass is 16.5. The maximum atomic E-state index is 12.1. The quantitative estimate of drug-likeness (QED) is 0.0558. The van der Waals surface area contributed by atoms with E-state index in [-0.39, 0.29) is 5.97 Å². The third-order valence-electron chi connectivity index (χ3n) is 7.23. The Labute approximate surface area is 244 Å². The average molecular weight is 544 g/mol. The van der Waals surface area contributed by atoms with Gasteiger partial charge in [-0.25, -0.2) is 0 Å². The SMILES string of the molecule is C/C=C\CCCCCCCCC(CCCCCCCC/C=C\C/C=C\C/C=C\CC)COC(=O)CCN(C)C. The van der Waals surface area contributed by atoms with Gasteiger partial charge in [0.15, 0.2) is 0 Å². The topological polar surface area (TPSA) is 29.5 Å². The Morgan fingerprint density at radius 2 is 1.15 bits per heavy atom. The van der Waals surface area contributed by atoms with Crippen LogP contribution in [-0.4, -0.2) is 38.1 Å². The van der Waals surface area contributed by atoms with Crippen LogP contribution in [0.25, 0.3) is 0 Å². The van der Waals surface area contributed by atoms with E-state index in [4.69, 9.17) is 4.74 Å². The summed E-state index contributed by atoms with van der Waals surface area (Å²) >= 11 is 0. The monoisotopic (exact) mass is 544 g/mol. The molecule has 0 aliphatic carbocycles. The van der Waals surface area contributed by atoms with E-state index in [0.29, 0.717) is 18.9 Å². The summed E-state index contributed by atoms with van der Waals surface area (Å²) in [6.45, 7) is 5.66. The average Bonchev–Trinajstić information content (AvgIpc) is 2.93. The Balaban J connectivity index is 3.99. The minimum atomic E-state index is -0.0379. The van der Waals surface area contributed by atoms with Gasteiger partial charge < -0.3 is 9.64 Å². The first-order valence-corrected chi connectivity index (χ1v) is 16.5. The zero-order valence-corrected chi connectivity index (χ0v) is 26.5. The van der Waals surface area contributed by atoms with E-state index >= 15 is 0 Å². The number of carbonyl (C=O) groups is 1. The second-order valence-electron chi connectivity index (χ2n) is 11.4. The number of ether oxygens (including phenoxy) is 1. The van der Waals surface area contributed by atoms with E-state index in [1.807, 2.05) is 19.0 Å². The van der Waals surface area contributed by atoms with Gasteiger partial charge in [-0.3, -0.25) is 4.79 Å². The molecule has 0 radical (unpaired) electrons. The molecule has 0 bridgehead atoms. The van der Waals surface area contributed by atoms with Crippen LogP contribution in [0.2, 0.25) is 0 Å². The second-order valence-corrected chi connectivity index (χ2v) is 11.4. The first kappa shape index (κ1) is 37.4. The van der Waals surface area contributed by atoms with Crippen LogP contribution < -0.4 is 0 Å². The van der Waals surface area contributed by atoms with Crippen LogP contribution in [0.5, 0.6) is 0 Å². The van der Waals surface area contributed by atoms with E-state index in [2.05, 4.69) is 62.5 Å². The number of nitrogens with zero attached hydrogens (tertiary/aromatic N) is 1. The van der Waals surface area contributed by atoms with Crippen LogP contribution in [0.15, 0.2) is 48.6 Å². The first-order chi connectivity index (χ1) is 19.1. The van der Waals surface area contributed by atoms with Crippen LogP contribution in [-0.2, 0) is 9.53 Å². The number of carbonyl (C=O) groups excluding carboxylic acids is 1. The highest BCUT2D eigenvalue weighted by molar-refractivity contribution is 5.69. The molecule has 0 saturated heterocycles. The van der Waals surface area contributed by atoms with Crippen molar-refractivity contribution in [3.8, 4) is 0 Å². The fraction of sp³-hybridized carbons (Fsp3) is 0.750. The van der Waals surface area contributed by atoms with Crippen molar-refractivity contribution in [3.63, 3.8) is 0 Å². The van der Waals surface area contributed by atoms with Crippen molar-refractivity contribution in [2.75, 3.05) is 27.2 Å². The molecule has 0 saturated carbocycles. The number of allylic oxidation sites excluding steroid dienone is 8. The summed E-state index contributed by atoms with van der Waals surface area (Å²) in [7, 11) is 4.00. The van der Waals surface area contributed by atoms with Crippen molar-refractivity contribution in [1.29, 1.82) is 0 Å². The van der Waals surface area contributed by atoms with Crippen molar-refractivity contribution in [2.45, 2.75) is 142 Å². The summed E-state index contributed by atoms with van der Waals surface area (Å²) < 4.78 is 5.68. The normalized spacial score (nSPS) is 13.2. The maximum absolute atomic E-state index is 12.1. The molecular formula is C36H65NO2. The molecule has 226 valence electrons. The lowest BCUT2D eigenvalue weighted by Gasteiger charge is -2.18. The molecule has 0 aromatic rings. The Morgan fingerprint density at radius 1 is 0.667 bits per heavy atom. The zero-order valence-electron chi connectivity index (χ0n) is 26.5. The van der Waals surface area contributed by atoms with Crippen LogP contribution in [0.3, 0.4) is 0 Å². The van der Waals surface area contributed by atoms with Gasteiger partial charge in [-0.15, -0.1) is 0 Å². The van der Waals surface area contributed by atoms with Gasteiger partial charge in [0.05, 0.1) is 13.0 Å². The molecule has 0 fully saturated rings. The molecule has 3 heteroatoms. The minimum Gasteiger partial charge on any atom is -0.465 e. The van der Waals surface area contributed by atoms with Crippen LogP contribution >= 0.6 is 0 Å². The van der Waals surface area contributed by atoms with Gasteiger partial charge in [0.25, 0.3) is 0 Å². The van der Waals surface area contributed by atoms with Crippen molar-refractivity contribution in [3.05, 3.63) is 48.6 Å². The molecule has 0 aromatic heterocycles. The lowest BCUT2D eigenvalue weighted by Crippen LogP contribution is -2.20. The molecule has 39 heavy (non-hydrogen) atoms. The predicted octanol–water partition coefficient (Wildman–Crippen LogP) is 10.8. The standard InChI is InChI=1S/C36H65NO2/c1-5-7-9-11-13-15-16-17-18-19-20-21-23-25-27-29-31-35(34-39-36(38)32-33-37(3)4)30-28-26-24-22-14-12-10-8-6-2/h6-9,13,15,17-18,35H,5,10-12,14,16,19-34H2,1-4H3/b8-6-,9-7-,15-13-,18-17-. The highest BCUT2D eigenvalue weighted by Gasteiger charge is 2.12. The first-order valence-electron chi connectivity index (χ1n) is 16.5. The molecule has 0 N–H and O–H groups in total. The summed E-state index contributed by atoms with van der Waals surface area (Å²) in [6.07, 6.45) is 42.5. The number of esters is 1. The Kier molecular flexibility index (Phi) is 29.6. The van der Waals surface area contributed by atoms with E-state index in [9.17, 15) is 4.79 Å². The largest absolute Gasteiger partial charge is 0.465 e. The van der Waals surface area contributed by atoms with Crippen molar-refractivity contribution in [2.24, 2.45) is 5.92 Å². The number of hydrogen-bond donors (Lipinski definition) is 0. The molecule has 1 atom stereocenters.